The Labute approximate surface area is 49.1 Å². The Hall–Kier alpha value is -0.380. The molecule has 1 heterocycles. The van der Waals surface area contributed by atoms with Crippen molar-refractivity contribution in [2.24, 2.45) is 5.92 Å². The van der Waals surface area contributed by atoms with Gasteiger partial charge in [-0.15, -0.1) is 0 Å². The van der Waals surface area contributed by atoms with Crippen molar-refractivity contribution >= 4 is 0 Å². The van der Waals surface area contributed by atoms with Gasteiger partial charge in [0, 0.05) is 5.92 Å². The lowest BCUT2D eigenvalue weighted by Crippen LogP contribution is -3.07. The van der Waals surface area contributed by atoms with Crippen molar-refractivity contribution in [1.29, 1.82) is 0 Å². The molecule has 0 spiro atoms. The summed E-state index contributed by atoms with van der Waals surface area (Å²) >= 11 is 0. The van der Waals surface area contributed by atoms with Crippen molar-refractivity contribution in [3.63, 3.8) is 0 Å². The zero-order valence-electron chi connectivity index (χ0n) is 5.31. The fraction of sp³-hybridized carbons (Fsp3) is 0.600. The average Bonchev–Trinajstić information content (AvgIpc) is 2.12. The SMILES string of the molecule is CC(C)C1=C[NH2+]N[NH2+]1. The van der Waals surface area contributed by atoms with E-state index in [2.05, 4.69) is 25.6 Å². The fourth-order valence-corrected chi connectivity index (χ4v) is 0.696. The molecule has 3 heteroatoms. The molecule has 0 aliphatic carbocycles. The molecule has 0 aromatic heterocycles. The van der Waals surface area contributed by atoms with Crippen molar-refractivity contribution in [3.05, 3.63) is 11.9 Å². The van der Waals surface area contributed by atoms with Crippen LogP contribution in [0.2, 0.25) is 0 Å². The Morgan fingerprint density at radius 2 is 2.38 bits per heavy atom. The van der Waals surface area contributed by atoms with Crippen LogP contribution in [0.1, 0.15) is 13.8 Å². The van der Waals surface area contributed by atoms with Crippen molar-refractivity contribution in [2.75, 3.05) is 0 Å². The number of nitrogens with two attached hydrogens (primary N) is 2. The van der Waals surface area contributed by atoms with Gasteiger partial charge in [0.15, 0.2) is 11.9 Å². The van der Waals surface area contributed by atoms with Crippen molar-refractivity contribution in [1.82, 2.24) is 5.53 Å². The van der Waals surface area contributed by atoms with E-state index in [-0.39, 0.29) is 0 Å². The first-order valence-electron chi connectivity index (χ1n) is 2.93. The summed E-state index contributed by atoms with van der Waals surface area (Å²) in [5.41, 5.74) is 8.38. The van der Waals surface area contributed by atoms with Gasteiger partial charge >= 0.3 is 0 Å². The quantitative estimate of drug-likeness (QED) is 0.341. The average molecular weight is 115 g/mol. The van der Waals surface area contributed by atoms with E-state index in [9.17, 15) is 0 Å². The molecule has 0 aromatic carbocycles. The second-order valence-electron chi connectivity index (χ2n) is 2.30. The summed E-state index contributed by atoms with van der Waals surface area (Å²) < 4.78 is 0. The standard InChI is InChI=1S/C5H11N3/c1-4(2)5-3-6-8-7-5/h3-4,6-8H,1-2H3/p+2. The molecule has 1 aliphatic heterocycles. The highest BCUT2D eigenvalue weighted by atomic mass is 15.6. The van der Waals surface area contributed by atoms with Crippen LogP contribution in [0.3, 0.4) is 0 Å². The molecule has 1 aliphatic rings. The van der Waals surface area contributed by atoms with Crippen LogP contribution < -0.4 is 16.4 Å². The van der Waals surface area contributed by atoms with Gasteiger partial charge in [-0.05, 0) is 5.53 Å². The zero-order chi connectivity index (χ0) is 5.98. The number of quaternary nitrogens is 2. The Kier molecular flexibility index (Phi) is 1.62. The van der Waals surface area contributed by atoms with Crippen molar-refractivity contribution in [3.8, 4) is 0 Å². The molecule has 1 rings (SSSR count). The highest BCUT2D eigenvalue weighted by Gasteiger charge is 2.14. The summed E-state index contributed by atoms with van der Waals surface area (Å²) in [7, 11) is 0. The maximum atomic E-state index is 3.01. The highest BCUT2D eigenvalue weighted by molar-refractivity contribution is 4.85. The Morgan fingerprint density at radius 1 is 1.62 bits per heavy atom. The number of hydrogen-bond donors (Lipinski definition) is 3. The maximum absolute atomic E-state index is 3.01. The lowest BCUT2D eigenvalue weighted by Gasteiger charge is -1.95. The van der Waals surface area contributed by atoms with E-state index in [0.717, 1.165) is 0 Å². The molecule has 3 nitrogen and oxygen atoms in total. The maximum Gasteiger partial charge on any atom is 0.187 e. The first-order valence-corrected chi connectivity index (χ1v) is 2.93. The molecule has 0 bridgehead atoms. The number of hydrogen-bond acceptors (Lipinski definition) is 1. The molecule has 0 atom stereocenters. The molecule has 0 aromatic rings. The predicted molar refractivity (Wildman–Crippen MR) is 29.9 cm³/mol. The van der Waals surface area contributed by atoms with E-state index < -0.39 is 0 Å². The smallest absolute Gasteiger partial charge is 0.187 e. The third-order valence-corrected chi connectivity index (χ3v) is 1.29. The van der Waals surface area contributed by atoms with Gasteiger partial charge in [-0.2, -0.15) is 10.9 Å². The third kappa shape index (κ3) is 1.06. The topological polar surface area (TPSA) is 45.2 Å². The molecular formula is C5H13N3+2. The van der Waals surface area contributed by atoms with Gasteiger partial charge in [0.05, 0.1) is 0 Å². The molecule has 46 valence electrons. The van der Waals surface area contributed by atoms with E-state index >= 15 is 0 Å². The summed E-state index contributed by atoms with van der Waals surface area (Å²) in [6.07, 6.45) is 2.10. The zero-order valence-corrected chi connectivity index (χ0v) is 5.31. The number of rotatable bonds is 1. The van der Waals surface area contributed by atoms with Crippen LogP contribution in [-0.2, 0) is 0 Å². The first kappa shape index (κ1) is 5.75. The minimum Gasteiger partial charge on any atom is -0.193 e. The second-order valence-corrected chi connectivity index (χ2v) is 2.30. The lowest BCUT2D eigenvalue weighted by atomic mass is 10.2. The van der Waals surface area contributed by atoms with Crippen LogP contribution in [0.25, 0.3) is 0 Å². The molecule has 0 saturated carbocycles. The van der Waals surface area contributed by atoms with Crippen LogP contribution in [0, 0.1) is 5.92 Å². The Bertz CT molecular complexity index is 106. The van der Waals surface area contributed by atoms with Gasteiger partial charge in [0.2, 0.25) is 0 Å². The third-order valence-electron chi connectivity index (χ3n) is 1.29. The van der Waals surface area contributed by atoms with Crippen LogP contribution in [0.5, 0.6) is 0 Å². The van der Waals surface area contributed by atoms with Gasteiger partial charge in [0.1, 0.15) is 0 Å². The minimum atomic E-state index is 0.654. The van der Waals surface area contributed by atoms with E-state index in [4.69, 9.17) is 0 Å². The molecule has 5 N–H and O–H groups in total. The molecule has 0 unspecified atom stereocenters. The van der Waals surface area contributed by atoms with Crippen molar-refractivity contribution in [2.45, 2.75) is 13.8 Å². The van der Waals surface area contributed by atoms with Crippen LogP contribution in [0.4, 0.5) is 0 Å². The van der Waals surface area contributed by atoms with Gasteiger partial charge in [-0.1, -0.05) is 13.8 Å². The normalized spacial score (nSPS) is 19.6. The van der Waals surface area contributed by atoms with Gasteiger partial charge in [-0.3, -0.25) is 0 Å². The van der Waals surface area contributed by atoms with E-state index in [1.807, 2.05) is 10.9 Å². The first-order chi connectivity index (χ1) is 3.80. The summed E-state index contributed by atoms with van der Waals surface area (Å²) in [6, 6.07) is 0. The summed E-state index contributed by atoms with van der Waals surface area (Å²) in [6.45, 7) is 4.37. The minimum absolute atomic E-state index is 0.654. The number of nitrogens with one attached hydrogen (secondary N) is 1. The molecule has 0 radical (unpaired) electrons. The van der Waals surface area contributed by atoms with Crippen LogP contribution in [-0.4, -0.2) is 0 Å². The predicted octanol–water partition coefficient (Wildman–Crippen LogP) is -1.96. The van der Waals surface area contributed by atoms with Crippen molar-refractivity contribution < 1.29 is 10.9 Å². The fourth-order valence-electron chi connectivity index (χ4n) is 0.696. The van der Waals surface area contributed by atoms with E-state index in [1.165, 1.54) is 5.70 Å². The second kappa shape index (κ2) is 2.26. The molecule has 0 fully saturated rings. The Balaban J connectivity index is 2.45. The summed E-state index contributed by atoms with van der Waals surface area (Å²) in [5, 5.41) is 0. The summed E-state index contributed by atoms with van der Waals surface area (Å²) in [5.74, 6) is 0.654. The molecule has 8 heavy (non-hydrogen) atoms. The highest BCUT2D eigenvalue weighted by Crippen LogP contribution is 1.96. The largest absolute Gasteiger partial charge is 0.193 e. The molecular weight excluding hydrogens is 102 g/mol. The summed E-state index contributed by atoms with van der Waals surface area (Å²) in [4.78, 5) is 0. The monoisotopic (exact) mass is 115 g/mol. The molecule has 0 amide bonds. The number of allylic oxidation sites excluding steroid dienone is 1. The van der Waals surface area contributed by atoms with E-state index in [0.29, 0.717) is 5.92 Å². The van der Waals surface area contributed by atoms with E-state index in [1.54, 1.807) is 0 Å². The van der Waals surface area contributed by atoms with Crippen LogP contribution >= 0.6 is 0 Å². The Morgan fingerprint density at radius 3 is 2.62 bits per heavy atom. The molecule has 0 saturated heterocycles. The van der Waals surface area contributed by atoms with Gasteiger partial charge in [-0.25, -0.2) is 0 Å². The lowest BCUT2D eigenvalue weighted by molar-refractivity contribution is -0.863. The van der Waals surface area contributed by atoms with Gasteiger partial charge < -0.3 is 0 Å². The van der Waals surface area contributed by atoms with Gasteiger partial charge in [0.25, 0.3) is 0 Å². The van der Waals surface area contributed by atoms with Crippen LogP contribution in [0.15, 0.2) is 11.9 Å².